The first-order chi connectivity index (χ1) is 13.8. The monoisotopic (exact) mass is 369 g/mol. The van der Waals surface area contributed by atoms with Crippen molar-refractivity contribution in [2.45, 2.75) is 0 Å². The standard InChI is InChI=1S/C25H23NO2/c27-25(23-11-13-24(14-12-23)26-16-18-28-19-17-26)15-8-20-6-9-22(10-7-20)21-4-2-1-3-5-21/h1-15H,16-19H2/b15-8+. The molecule has 0 spiro atoms. The van der Waals surface area contributed by atoms with Crippen LogP contribution in [0, 0.1) is 0 Å². The van der Waals surface area contributed by atoms with E-state index in [0.29, 0.717) is 5.56 Å². The molecule has 3 heteroatoms. The van der Waals surface area contributed by atoms with Gasteiger partial charge >= 0.3 is 0 Å². The Morgan fingerprint density at radius 3 is 2.11 bits per heavy atom. The van der Waals surface area contributed by atoms with Gasteiger partial charge in [-0.2, -0.15) is 0 Å². The first-order valence-electron chi connectivity index (χ1n) is 9.60. The van der Waals surface area contributed by atoms with Crippen molar-refractivity contribution in [1.29, 1.82) is 0 Å². The number of hydrogen-bond acceptors (Lipinski definition) is 3. The lowest BCUT2D eigenvalue weighted by atomic mass is 10.0. The molecule has 1 fully saturated rings. The predicted molar refractivity (Wildman–Crippen MR) is 115 cm³/mol. The highest BCUT2D eigenvalue weighted by atomic mass is 16.5. The first kappa shape index (κ1) is 18.2. The van der Waals surface area contributed by atoms with Crippen molar-refractivity contribution >= 4 is 17.5 Å². The summed E-state index contributed by atoms with van der Waals surface area (Å²) in [4.78, 5) is 14.8. The van der Waals surface area contributed by atoms with Crippen molar-refractivity contribution in [3.63, 3.8) is 0 Å². The third kappa shape index (κ3) is 4.38. The minimum absolute atomic E-state index is 0.0145. The van der Waals surface area contributed by atoms with Crippen molar-refractivity contribution in [2.24, 2.45) is 0 Å². The largest absolute Gasteiger partial charge is 0.378 e. The molecule has 0 bridgehead atoms. The minimum atomic E-state index is 0.0145. The summed E-state index contributed by atoms with van der Waals surface area (Å²) >= 11 is 0. The smallest absolute Gasteiger partial charge is 0.185 e. The molecule has 4 rings (SSSR count). The molecular formula is C25H23NO2. The van der Waals surface area contributed by atoms with Gasteiger partial charge in [0.15, 0.2) is 5.78 Å². The van der Waals surface area contributed by atoms with Gasteiger partial charge in [-0.25, -0.2) is 0 Å². The zero-order chi connectivity index (χ0) is 19.2. The average molecular weight is 369 g/mol. The van der Waals surface area contributed by atoms with Gasteiger partial charge < -0.3 is 9.64 Å². The van der Waals surface area contributed by atoms with Crippen LogP contribution < -0.4 is 4.90 Å². The Morgan fingerprint density at radius 1 is 0.786 bits per heavy atom. The molecule has 3 aromatic rings. The molecule has 0 radical (unpaired) electrons. The molecule has 140 valence electrons. The third-order valence-corrected chi connectivity index (χ3v) is 4.97. The fraction of sp³-hybridized carbons (Fsp3) is 0.160. The highest BCUT2D eigenvalue weighted by Crippen LogP contribution is 2.20. The summed E-state index contributed by atoms with van der Waals surface area (Å²) in [5, 5.41) is 0. The number of allylic oxidation sites excluding steroid dienone is 1. The number of anilines is 1. The number of benzene rings is 3. The Balaban J connectivity index is 1.41. The third-order valence-electron chi connectivity index (χ3n) is 4.97. The summed E-state index contributed by atoms with van der Waals surface area (Å²) in [5.41, 5.74) is 5.21. The number of hydrogen-bond donors (Lipinski definition) is 0. The van der Waals surface area contributed by atoms with Crippen LogP contribution >= 0.6 is 0 Å². The number of rotatable bonds is 5. The van der Waals surface area contributed by atoms with Gasteiger partial charge in [0.25, 0.3) is 0 Å². The molecule has 0 saturated carbocycles. The number of carbonyl (C=O) groups is 1. The fourth-order valence-electron chi connectivity index (χ4n) is 3.34. The first-order valence-corrected chi connectivity index (χ1v) is 9.60. The summed E-state index contributed by atoms with van der Waals surface area (Å²) in [6.45, 7) is 3.30. The molecule has 0 atom stereocenters. The van der Waals surface area contributed by atoms with Gasteiger partial charge in [-0.3, -0.25) is 4.79 Å². The minimum Gasteiger partial charge on any atom is -0.378 e. The van der Waals surface area contributed by atoms with E-state index in [-0.39, 0.29) is 5.78 Å². The van der Waals surface area contributed by atoms with E-state index in [4.69, 9.17) is 4.74 Å². The van der Waals surface area contributed by atoms with Crippen molar-refractivity contribution in [3.05, 3.63) is 96.1 Å². The van der Waals surface area contributed by atoms with Crippen LogP contribution in [0.15, 0.2) is 84.9 Å². The Morgan fingerprint density at radius 2 is 1.43 bits per heavy atom. The Kier molecular flexibility index (Phi) is 5.64. The van der Waals surface area contributed by atoms with Gasteiger partial charge in [-0.05, 0) is 47.0 Å². The van der Waals surface area contributed by atoms with Crippen molar-refractivity contribution in [1.82, 2.24) is 0 Å². The molecule has 3 nitrogen and oxygen atoms in total. The van der Waals surface area contributed by atoms with Gasteiger partial charge in [0.2, 0.25) is 0 Å². The summed E-state index contributed by atoms with van der Waals surface area (Å²) in [6, 6.07) is 26.3. The molecular weight excluding hydrogens is 346 g/mol. The van der Waals surface area contributed by atoms with E-state index >= 15 is 0 Å². The van der Waals surface area contributed by atoms with Crippen LogP contribution in [0.5, 0.6) is 0 Å². The normalized spacial score (nSPS) is 14.4. The number of nitrogens with zero attached hydrogens (tertiary/aromatic N) is 1. The second kappa shape index (κ2) is 8.68. The quantitative estimate of drug-likeness (QED) is 0.464. The van der Waals surface area contributed by atoms with Crippen LogP contribution in [0.4, 0.5) is 5.69 Å². The summed E-state index contributed by atoms with van der Waals surface area (Å²) in [7, 11) is 0. The van der Waals surface area contributed by atoms with Crippen LogP contribution in [-0.4, -0.2) is 32.1 Å². The lowest BCUT2D eigenvalue weighted by Crippen LogP contribution is -2.36. The lowest BCUT2D eigenvalue weighted by molar-refractivity contribution is 0.104. The lowest BCUT2D eigenvalue weighted by Gasteiger charge is -2.28. The molecule has 0 N–H and O–H groups in total. The van der Waals surface area contributed by atoms with Gasteiger partial charge in [-0.15, -0.1) is 0 Å². The highest BCUT2D eigenvalue weighted by molar-refractivity contribution is 6.07. The van der Waals surface area contributed by atoms with Crippen molar-refractivity contribution in [2.75, 3.05) is 31.2 Å². The Labute approximate surface area is 165 Å². The molecule has 1 aliphatic rings. The molecule has 1 saturated heterocycles. The summed E-state index contributed by atoms with van der Waals surface area (Å²) in [6.07, 6.45) is 3.51. The number of ether oxygens (including phenoxy) is 1. The van der Waals surface area contributed by atoms with Crippen LogP contribution in [0.3, 0.4) is 0 Å². The van der Waals surface area contributed by atoms with Crippen molar-refractivity contribution in [3.8, 4) is 11.1 Å². The molecule has 1 aliphatic heterocycles. The maximum Gasteiger partial charge on any atom is 0.185 e. The van der Waals surface area contributed by atoms with Crippen LogP contribution in [0.2, 0.25) is 0 Å². The molecule has 3 aromatic carbocycles. The molecule has 0 aromatic heterocycles. The van der Waals surface area contributed by atoms with E-state index in [1.807, 2.05) is 60.7 Å². The Bertz CT molecular complexity index is 938. The fourth-order valence-corrected chi connectivity index (χ4v) is 3.34. The van der Waals surface area contributed by atoms with E-state index < -0.39 is 0 Å². The van der Waals surface area contributed by atoms with Gasteiger partial charge in [0.05, 0.1) is 13.2 Å². The van der Waals surface area contributed by atoms with E-state index in [0.717, 1.165) is 37.6 Å². The number of morpholine rings is 1. The SMILES string of the molecule is O=C(/C=C/c1ccc(-c2ccccc2)cc1)c1ccc(N2CCOCC2)cc1. The second-order valence-corrected chi connectivity index (χ2v) is 6.83. The van der Waals surface area contributed by atoms with Gasteiger partial charge in [0, 0.05) is 24.3 Å². The Hall–Kier alpha value is -3.17. The molecule has 1 heterocycles. The van der Waals surface area contributed by atoms with E-state index in [9.17, 15) is 4.79 Å². The molecule has 0 amide bonds. The topological polar surface area (TPSA) is 29.5 Å². The average Bonchev–Trinajstić information content (AvgIpc) is 2.79. The zero-order valence-electron chi connectivity index (χ0n) is 15.8. The maximum atomic E-state index is 12.5. The van der Waals surface area contributed by atoms with E-state index in [1.165, 1.54) is 11.1 Å². The van der Waals surface area contributed by atoms with Crippen LogP contribution in [0.1, 0.15) is 15.9 Å². The maximum absolute atomic E-state index is 12.5. The molecule has 0 unspecified atom stereocenters. The van der Waals surface area contributed by atoms with Gasteiger partial charge in [-0.1, -0.05) is 60.7 Å². The predicted octanol–water partition coefficient (Wildman–Crippen LogP) is 5.09. The molecule has 0 aliphatic carbocycles. The highest BCUT2D eigenvalue weighted by Gasteiger charge is 2.11. The summed E-state index contributed by atoms with van der Waals surface area (Å²) < 4.78 is 5.38. The molecule has 28 heavy (non-hydrogen) atoms. The van der Waals surface area contributed by atoms with E-state index in [1.54, 1.807) is 6.08 Å². The zero-order valence-corrected chi connectivity index (χ0v) is 15.8. The number of carbonyl (C=O) groups excluding carboxylic acids is 1. The van der Waals surface area contributed by atoms with Crippen molar-refractivity contribution < 1.29 is 9.53 Å². The van der Waals surface area contributed by atoms with Crippen LogP contribution in [0.25, 0.3) is 17.2 Å². The van der Waals surface area contributed by atoms with E-state index in [2.05, 4.69) is 29.2 Å². The second-order valence-electron chi connectivity index (χ2n) is 6.83. The van der Waals surface area contributed by atoms with Gasteiger partial charge in [0.1, 0.15) is 0 Å². The summed E-state index contributed by atoms with van der Waals surface area (Å²) in [5.74, 6) is 0.0145. The van der Waals surface area contributed by atoms with Crippen LogP contribution in [-0.2, 0) is 4.74 Å². The number of ketones is 1.